The summed E-state index contributed by atoms with van der Waals surface area (Å²) in [6.07, 6.45) is 3.08. The molecule has 0 unspecified atom stereocenters. The van der Waals surface area contributed by atoms with Gasteiger partial charge >= 0.3 is 0 Å². The molecule has 0 radical (unpaired) electrons. The first kappa shape index (κ1) is 26.3. The summed E-state index contributed by atoms with van der Waals surface area (Å²) in [5, 5.41) is 4.49. The molecule has 0 aliphatic heterocycles. The molecule has 3 heterocycles. The van der Waals surface area contributed by atoms with E-state index < -0.39 is 20.0 Å². The minimum Gasteiger partial charge on any atom is -0.237 e. The summed E-state index contributed by atoms with van der Waals surface area (Å²) in [6, 6.07) is 17.1. The fourth-order valence-corrected chi connectivity index (χ4v) is 8.25. The molecule has 196 valence electrons. The Morgan fingerprint density at radius 2 is 1.58 bits per heavy atom. The predicted octanol–water partition coefficient (Wildman–Crippen LogP) is 6.01. The normalized spacial score (nSPS) is 12.4. The highest BCUT2D eigenvalue weighted by Crippen LogP contribution is 2.41. The van der Waals surface area contributed by atoms with E-state index in [1.165, 1.54) is 25.8 Å². The zero-order valence-corrected chi connectivity index (χ0v) is 23.6. The maximum absolute atomic E-state index is 13.9. The van der Waals surface area contributed by atoms with Gasteiger partial charge in [-0.15, -0.1) is 0 Å². The van der Waals surface area contributed by atoms with Crippen LogP contribution in [0.3, 0.4) is 0 Å². The standard InChI is InChI=1S/C28H27N3O4S3/c1-4-30(5-2)38(34,35)26-9-7-6-8-24(26)25-18-31(37(32,33)22-12-10-20(3)11-13-22)28-27(25)23(14-16-29-28)21-15-17-36-19-21/h6-19H,4-5H2,1-3H3. The van der Waals surface area contributed by atoms with Gasteiger partial charge in [0.05, 0.1) is 9.79 Å². The van der Waals surface area contributed by atoms with Gasteiger partial charge in [0, 0.05) is 42.0 Å². The molecule has 7 nitrogen and oxygen atoms in total. The number of pyridine rings is 1. The maximum atomic E-state index is 13.9. The number of nitrogens with zero attached hydrogens (tertiary/aromatic N) is 3. The Labute approximate surface area is 227 Å². The molecule has 2 aromatic carbocycles. The van der Waals surface area contributed by atoms with Gasteiger partial charge in [-0.1, -0.05) is 49.7 Å². The monoisotopic (exact) mass is 565 g/mol. The van der Waals surface area contributed by atoms with E-state index in [2.05, 4.69) is 4.98 Å². The van der Waals surface area contributed by atoms with Crippen LogP contribution in [-0.2, 0) is 20.0 Å². The van der Waals surface area contributed by atoms with E-state index in [1.54, 1.807) is 68.6 Å². The van der Waals surface area contributed by atoms with Crippen LogP contribution in [0.15, 0.2) is 93.6 Å². The first-order valence-corrected chi connectivity index (χ1v) is 16.0. The van der Waals surface area contributed by atoms with Crippen LogP contribution in [0.1, 0.15) is 19.4 Å². The summed E-state index contributed by atoms with van der Waals surface area (Å²) in [4.78, 5) is 4.74. The molecule has 0 N–H and O–H groups in total. The lowest BCUT2D eigenvalue weighted by Crippen LogP contribution is -2.30. The van der Waals surface area contributed by atoms with E-state index in [0.717, 1.165) is 16.7 Å². The second-order valence-electron chi connectivity index (χ2n) is 8.81. The predicted molar refractivity (Wildman–Crippen MR) is 152 cm³/mol. The molecule has 10 heteroatoms. The highest BCUT2D eigenvalue weighted by molar-refractivity contribution is 7.90. The van der Waals surface area contributed by atoms with Gasteiger partial charge in [0.2, 0.25) is 10.0 Å². The largest absolute Gasteiger partial charge is 0.269 e. The molecule has 0 aliphatic rings. The number of aryl methyl sites for hydroxylation is 1. The molecular weight excluding hydrogens is 539 g/mol. The van der Waals surface area contributed by atoms with Crippen molar-refractivity contribution in [3.8, 4) is 22.3 Å². The van der Waals surface area contributed by atoms with Gasteiger partial charge in [0.15, 0.2) is 5.65 Å². The van der Waals surface area contributed by atoms with Gasteiger partial charge in [0.25, 0.3) is 10.0 Å². The molecule has 0 amide bonds. The topological polar surface area (TPSA) is 89.3 Å². The Hall–Kier alpha value is -3.31. The van der Waals surface area contributed by atoms with Crippen LogP contribution in [0.25, 0.3) is 33.3 Å². The van der Waals surface area contributed by atoms with Crippen LogP contribution in [0.4, 0.5) is 0 Å². The molecule has 5 aromatic rings. The first-order chi connectivity index (χ1) is 18.2. The summed E-state index contributed by atoms with van der Waals surface area (Å²) in [5.41, 5.74) is 3.76. The van der Waals surface area contributed by atoms with Crippen LogP contribution in [0, 0.1) is 6.92 Å². The molecular formula is C28H27N3O4S3. The zero-order valence-electron chi connectivity index (χ0n) is 21.2. The second-order valence-corrected chi connectivity index (χ2v) is 13.3. The average Bonchev–Trinajstić information content (AvgIpc) is 3.58. The summed E-state index contributed by atoms with van der Waals surface area (Å²) in [7, 11) is -7.87. The number of sulfonamides is 1. The summed E-state index contributed by atoms with van der Waals surface area (Å²) >= 11 is 1.52. The van der Waals surface area contributed by atoms with Gasteiger partial charge in [-0.2, -0.15) is 15.6 Å². The van der Waals surface area contributed by atoms with Gasteiger partial charge < -0.3 is 0 Å². The van der Waals surface area contributed by atoms with Crippen molar-refractivity contribution >= 4 is 42.4 Å². The van der Waals surface area contributed by atoms with E-state index in [1.807, 2.05) is 29.8 Å². The number of thiophene rings is 1. The van der Waals surface area contributed by atoms with Crippen molar-refractivity contribution < 1.29 is 16.8 Å². The number of rotatable bonds is 8. The lowest BCUT2D eigenvalue weighted by atomic mass is 9.99. The van der Waals surface area contributed by atoms with Crippen molar-refractivity contribution in [2.75, 3.05) is 13.1 Å². The van der Waals surface area contributed by atoms with Gasteiger partial charge in [-0.3, -0.25) is 0 Å². The van der Waals surface area contributed by atoms with Crippen molar-refractivity contribution in [1.82, 2.24) is 13.3 Å². The Morgan fingerprint density at radius 3 is 2.24 bits per heavy atom. The second kappa shape index (κ2) is 10.1. The summed E-state index contributed by atoms with van der Waals surface area (Å²) in [6.45, 7) is 6.11. The number of hydrogen-bond donors (Lipinski definition) is 0. The first-order valence-electron chi connectivity index (χ1n) is 12.1. The Morgan fingerprint density at radius 1 is 0.868 bits per heavy atom. The minimum atomic E-state index is -4.03. The number of hydrogen-bond acceptors (Lipinski definition) is 6. The van der Waals surface area contributed by atoms with Crippen LogP contribution in [0.2, 0.25) is 0 Å². The smallest absolute Gasteiger partial charge is 0.237 e. The Bertz CT molecular complexity index is 1820. The SMILES string of the molecule is CCN(CC)S(=O)(=O)c1ccccc1-c1cn(S(=O)(=O)c2ccc(C)cc2)c2nccc(-c3ccsc3)c12. The average molecular weight is 566 g/mol. The van der Waals surface area contributed by atoms with E-state index in [-0.39, 0.29) is 15.4 Å². The van der Waals surface area contributed by atoms with Crippen molar-refractivity contribution in [1.29, 1.82) is 0 Å². The lowest BCUT2D eigenvalue weighted by molar-refractivity contribution is 0.445. The molecule has 0 saturated carbocycles. The van der Waals surface area contributed by atoms with E-state index in [0.29, 0.717) is 29.6 Å². The van der Waals surface area contributed by atoms with Crippen molar-refractivity contribution in [2.24, 2.45) is 0 Å². The van der Waals surface area contributed by atoms with E-state index in [4.69, 9.17) is 0 Å². The molecule has 0 saturated heterocycles. The highest BCUT2D eigenvalue weighted by atomic mass is 32.2. The maximum Gasteiger partial charge on any atom is 0.269 e. The zero-order chi connectivity index (χ0) is 27.1. The summed E-state index contributed by atoms with van der Waals surface area (Å²) in [5.74, 6) is 0. The van der Waals surface area contributed by atoms with Gasteiger partial charge in [0.1, 0.15) is 0 Å². The number of fused-ring (bicyclic) bond motifs is 1. The molecule has 0 bridgehead atoms. The van der Waals surface area contributed by atoms with Crippen molar-refractivity contribution in [3.05, 3.63) is 89.4 Å². The third-order valence-corrected chi connectivity index (χ3v) is 11.0. The quantitative estimate of drug-likeness (QED) is 0.230. The number of benzene rings is 2. The van der Waals surface area contributed by atoms with Gasteiger partial charge in [-0.05, 0) is 59.1 Å². The Kier molecular flexibility index (Phi) is 6.99. The van der Waals surface area contributed by atoms with E-state index in [9.17, 15) is 16.8 Å². The molecule has 0 fully saturated rings. The lowest BCUT2D eigenvalue weighted by Gasteiger charge is -2.20. The van der Waals surface area contributed by atoms with Crippen molar-refractivity contribution in [2.45, 2.75) is 30.6 Å². The number of aromatic nitrogens is 2. The highest BCUT2D eigenvalue weighted by Gasteiger charge is 2.29. The minimum absolute atomic E-state index is 0.121. The van der Waals surface area contributed by atoms with Crippen LogP contribution < -0.4 is 0 Å². The Balaban J connectivity index is 1.87. The van der Waals surface area contributed by atoms with Crippen molar-refractivity contribution in [3.63, 3.8) is 0 Å². The third-order valence-electron chi connectivity index (χ3n) is 6.57. The summed E-state index contributed by atoms with van der Waals surface area (Å²) < 4.78 is 57.7. The van der Waals surface area contributed by atoms with E-state index >= 15 is 0 Å². The fraction of sp³-hybridized carbons (Fsp3) is 0.179. The molecule has 38 heavy (non-hydrogen) atoms. The fourth-order valence-electron chi connectivity index (χ4n) is 4.61. The molecule has 5 rings (SSSR count). The van der Waals surface area contributed by atoms with Gasteiger partial charge in [-0.25, -0.2) is 25.8 Å². The molecule has 0 spiro atoms. The van der Waals surface area contributed by atoms with Crippen LogP contribution in [-0.4, -0.2) is 43.2 Å². The molecule has 0 aliphatic carbocycles. The van der Waals surface area contributed by atoms with Crippen LogP contribution >= 0.6 is 11.3 Å². The van der Waals surface area contributed by atoms with Crippen LogP contribution in [0.5, 0.6) is 0 Å². The molecule has 0 atom stereocenters. The third kappa shape index (κ3) is 4.37. The molecule has 3 aromatic heterocycles.